The lowest BCUT2D eigenvalue weighted by atomic mass is 9.84. The van der Waals surface area contributed by atoms with Crippen LogP contribution in [0.5, 0.6) is 0 Å². The third kappa shape index (κ3) is 4.29. The van der Waals surface area contributed by atoms with E-state index in [2.05, 4.69) is 10.8 Å². The largest absolute Gasteiger partial charge is 0.213 e. The molecule has 1 N–H and O–H groups in total. The van der Waals surface area contributed by atoms with Gasteiger partial charge < -0.3 is 0 Å². The van der Waals surface area contributed by atoms with Gasteiger partial charge in [-0.15, -0.1) is 0 Å². The van der Waals surface area contributed by atoms with E-state index in [4.69, 9.17) is 0 Å². The first-order valence-corrected chi connectivity index (χ1v) is 9.09. The standard InChI is InChI=1S/C16H22N2O2S/c1-14(15-8-4-2-5-9-15)12-21(19,20)18-16(13-17)10-6-3-7-11-16/h2,4-5,8-9,14,18H,3,6-7,10-12H2,1H3. The molecular formula is C16H22N2O2S. The van der Waals surface area contributed by atoms with Crippen LogP contribution in [0.4, 0.5) is 0 Å². The van der Waals surface area contributed by atoms with Crippen molar-refractivity contribution in [3.63, 3.8) is 0 Å². The van der Waals surface area contributed by atoms with Crippen LogP contribution in [0.25, 0.3) is 0 Å². The van der Waals surface area contributed by atoms with E-state index in [1.807, 2.05) is 37.3 Å². The van der Waals surface area contributed by atoms with Gasteiger partial charge in [0.15, 0.2) is 0 Å². The second-order valence-electron chi connectivity index (χ2n) is 5.95. The summed E-state index contributed by atoms with van der Waals surface area (Å²) in [7, 11) is -3.47. The average Bonchev–Trinajstić information content (AvgIpc) is 2.48. The van der Waals surface area contributed by atoms with E-state index in [1.165, 1.54) is 0 Å². The molecule has 5 heteroatoms. The zero-order chi connectivity index (χ0) is 15.3. The molecular weight excluding hydrogens is 284 g/mol. The summed E-state index contributed by atoms with van der Waals surface area (Å²) in [5, 5.41) is 9.38. The lowest BCUT2D eigenvalue weighted by molar-refractivity contribution is 0.338. The van der Waals surface area contributed by atoms with Crippen LogP contribution in [0.2, 0.25) is 0 Å². The molecule has 0 spiro atoms. The van der Waals surface area contributed by atoms with Crippen LogP contribution in [-0.4, -0.2) is 19.7 Å². The molecule has 1 unspecified atom stereocenters. The molecule has 1 fully saturated rings. The van der Waals surface area contributed by atoms with Crippen molar-refractivity contribution >= 4 is 10.0 Å². The lowest BCUT2D eigenvalue weighted by Gasteiger charge is -2.31. The fourth-order valence-electron chi connectivity index (χ4n) is 2.94. The van der Waals surface area contributed by atoms with Crippen molar-refractivity contribution in [1.29, 1.82) is 5.26 Å². The summed E-state index contributed by atoms with van der Waals surface area (Å²) < 4.78 is 27.4. The van der Waals surface area contributed by atoms with Gasteiger partial charge in [-0.1, -0.05) is 56.5 Å². The summed E-state index contributed by atoms with van der Waals surface area (Å²) in [6, 6.07) is 11.8. The van der Waals surface area contributed by atoms with E-state index in [-0.39, 0.29) is 11.7 Å². The van der Waals surface area contributed by atoms with Crippen LogP contribution in [0.3, 0.4) is 0 Å². The maximum Gasteiger partial charge on any atom is 0.213 e. The lowest BCUT2D eigenvalue weighted by Crippen LogP contribution is -2.49. The van der Waals surface area contributed by atoms with Crippen LogP contribution in [0, 0.1) is 11.3 Å². The Kier molecular flexibility index (Phi) is 5.02. The Morgan fingerprint density at radius 2 is 1.86 bits per heavy atom. The maximum absolute atomic E-state index is 12.4. The molecule has 1 saturated carbocycles. The highest BCUT2D eigenvalue weighted by Gasteiger charge is 2.36. The van der Waals surface area contributed by atoms with E-state index in [9.17, 15) is 13.7 Å². The quantitative estimate of drug-likeness (QED) is 0.909. The fourth-order valence-corrected chi connectivity index (χ4v) is 4.72. The Hall–Kier alpha value is -1.38. The summed E-state index contributed by atoms with van der Waals surface area (Å²) in [6.45, 7) is 1.90. The highest BCUT2D eigenvalue weighted by Crippen LogP contribution is 2.29. The van der Waals surface area contributed by atoms with Crippen LogP contribution in [0.1, 0.15) is 50.5 Å². The van der Waals surface area contributed by atoms with Gasteiger partial charge in [0.2, 0.25) is 10.0 Å². The van der Waals surface area contributed by atoms with Gasteiger partial charge in [-0.25, -0.2) is 8.42 Å². The van der Waals surface area contributed by atoms with E-state index < -0.39 is 15.6 Å². The van der Waals surface area contributed by atoms with Gasteiger partial charge in [-0.05, 0) is 24.3 Å². The molecule has 0 radical (unpaired) electrons. The van der Waals surface area contributed by atoms with Crippen molar-refractivity contribution in [2.24, 2.45) is 0 Å². The molecule has 0 aliphatic heterocycles. The third-order valence-electron chi connectivity index (χ3n) is 4.11. The van der Waals surface area contributed by atoms with Crippen LogP contribution >= 0.6 is 0 Å². The first kappa shape index (κ1) is 16.0. The Labute approximate surface area is 127 Å². The predicted octanol–water partition coefficient (Wildman–Crippen LogP) is 2.94. The second-order valence-corrected chi connectivity index (χ2v) is 7.72. The molecule has 1 aromatic rings. The number of sulfonamides is 1. The van der Waals surface area contributed by atoms with Gasteiger partial charge in [0, 0.05) is 0 Å². The molecule has 1 aromatic carbocycles. The van der Waals surface area contributed by atoms with Gasteiger partial charge in [-0.3, -0.25) is 0 Å². The maximum atomic E-state index is 12.4. The smallest absolute Gasteiger partial charge is 0.212 e. The zero-order valence-electron chi connectivity index (χ0n) is 12.4. The normalized spacial score (nSPS) is 19.6. The minimum Gasteiger partial charge on any atom is -0.212 e. The van der Waals surface area contributed by atoms with Gasteiger partial charge in [0.1, 0.15) is 5.54 Å². The molecule has 0 heterocycles. The second kappa shape index (κ2) is 6.59. The predicted molar refractivity (Wildman–Crippen MR) is 83.2 cm³/mol. The third-order valence-corrected chi connectivity index (χ3v) is 5.75. The van der Waals surface area contributed by atoms with E-state index in [1.54, 1.807) is 0 Å². The summed E-state index contributed by atoms with van der Waals surface area (Å²) in [6.07, 6.45) is 4.12. The number of benzene rings is 1. The molecule has 0 amide bonds. The molecule has 21 heavy (non-hydrogen) atoms. The SMILES string of the molecule is CC(CS(=O)(=O)NC1(C#N)CCCCC1)c1ccccc1. The number of hydrogen-bond donors (Lipinski definition) is 1. The Bertz CT molecular complexity index is 599. The van der Waals surface area contributed by atoms with Gasteiger partial charge in [-0.2, -0.15) is 9.98 Å². The Morgan fingerprint density at radius 3 is 2.43 bits per heavy atom. The van der Waals surface area contributed by atoms with Gasteiger partial charge in [0.25, 0.3) is 0 Å². The summed E-state index contributed by atoms with van der Waals surface area (Å²) in [5.74, 6) is -0.0801. The number of nitrogens with one attached hydrogen (secondary N) is 1. The van der Waals surface area contributed by atoms with Crippen molar-refractivity contribution in [1.82, 2.24) is 4.72 Å². The Balaban J connectivity index is 2.06. The highest BCUT2D eigenvalue weighted by atomic mass is 32.2. The van der Waals surface area contributed by atoms with Crippen molar-refractivity contribution in [2.45, 2.75) is 50.5 Å². The molecule has 0 aromatic heterocycles. The number of rotatable bonds is 5. The molecule has 114 valence electrons. The van der Waals surface area contributed by atoms with Crippen molar-refractivity contribution in [3.05, 3.63) is 35.9 Å². The van der Waals surface area contributed by atoms with Crippen molar-refractivity contribution < 1.29 is 8.42 Å². The molecule has 1 aliphatic carbocycles. The van der Waals surface area contributed by atoms with E-state index >= 15 is 0 Å². The molecule has 0 bridgehead atoms. The first-order chi connectivity index (χ1) is 9.96. The number of nitrogens with zero attached hydrogens (tertiary/aromatic N) is 1. The molecule has 2 rings (SSSR count). The monoisotopic (exact) mass is 306 g/mol. The van der Waals surface area contributed by atoms with Gasteiger partial charge >= 0.3 is 0 Å². The Morgan fingerprint density at radius 1 is 1.24 bits per heavy atom. The highest BCUT2D eigenvalue weighted by molar-refractivity contribution is 7.89. The van der Waals surface area contributed by atoms with Crippen LogP contribution in [0.15, 0.2) is 30.3 Å². The topological polar surface area (TPSA) is 70.0 Å². The zero-order valence-corrected chi connectivity index (χ0v) is 13.2. The fraction of sp³-hybridized carbons (Fsp3) is 0.562. The van der Waals surface area contributed by atoms with Crippen LogP contribution in [-0.2, 0) is 10.0 Å². The average molecular weight is 306 g/mol. The van der Waals surface area contributed by atoms with E-state index in [0.29, 0.717) is 12.8 Å². The van der Waals surface area contributed by atoms with Crippen molar-refractivity contribution in [3.8, 4) is 6.07 Å². The minimum absolute atomic E-state index is 0.0143. The molecule has 1 aliphatic rings. The van der Waals surface area contributed by atoms with Crippen molar-refractivity contribution in [2.75, 3.05) is 5.75 Å². The number of hydrogen-bond acceptors (Lipinski definition) is 3. The molecule has 1 atom stereocenters. The van der Waals surface area contributed by atoms with Crippen LogP contribution < -0.4 is 4.72 Å². The first-order valence-electron chi connectivity index (χ1n) is 7.44. The molecule has 0 saturated heterocycles. The molecule has 4 nitrogen and oxygen atoms in total. The summed E-state index contributed by atoms with van der Waals surface area (Å²) in [5.41, 5.74) is 0.102. The van der Waals surface area contributed by atoms with Gasteiger partial charge in [0.05, 0.1) is 11.8 Å². The summed E-state index contributed by atoms with van der Waals surface area (Å²) >= 11 is 0. The summed E-state index contributed by atoms with van der Waals surface area (Å²) in [4.78, 5) is 0. The minimum atomic E-state index is -3.47. The number of nitriles is 1. The van der Waals surface area contributed by atoms with E-state index in [0.717, 1.165) is 24.8 Å².